The second-order valence-corrected chi connectivity index (χ2v) is 7.14. The van der Waals surface area contributed by atoms with Gasteiger partial charge in [0.25, 0.3) is 0 Å². The number of unbranched alkanes of at least 4 members (excludes halogenated alkanes) is 2. The van der Waals surface area contributed by atoms with Crippen molar-refractivity contribution >= 4 is 6.29 Å². The van der Waals surface area contributed by atoms with Gasteiger partial charge < -0.3 is 9.64 Å². The Morgan fingerprint density at radius 2 is 1.85 bits per heavy atom. The zero-order valence-corrected chi connectivity index (χ0v) is 15.7. The van der Waals surface area contributed by atoms with Crippen LogP contribution >= 0.6 is 0 Å². The summed E-state index contributed by atoms with van der Waals surface area (Å²) < 4.78 is 5.88. The van der Waals surface area contributed by atoms with Gasteiger partial charge in [-0.1, -0.05) is 30.3 Å². The lowest BCUT2D eigenvalue weighted by molar-refractivity contribution is 0.111. The van der Waals surface area contributed by atoms with Crippen molar-refractivity contribution in [2.24, 2.45) is 0 Å². The fourth-order valence-corrected chi connectivity index (χ4v) is 3.64. The van der Waals surface area contributed by atoms with Gasteiger partial charge in [0.15, 0.2) is 6.29 Å². The molecular weight excluding hydrogens is 322 g/mol. The minimum atomic E-state index is 0.628. The number of likely N-dealkylation sites (tertiary alicyclic amines) is 1. The Hall–Kier alpha value is -2.13. The third kappa shape index (κ3) is 4.95. The SMILES string of the molecule is Cc1ccccc1-c1ccc(OCCCCCN2CCCC2)c(C=O)c1. The van der Waals surface area contributed by atoms with Crippen LogP contribution in [0, 0.1) is 6.92 Å². The second-order valence-electron chi connectivity index (χ2n) is 7.14. The Morgan fingerprint density at radius 3 is 2.62 bits per heavy atom. The van der Waals surface area contributed by atoms with Crippen molar-refractivity contribution in [2.75, 3.05) is 26.2 Å². The van der Waals surface area contributed by atoms with Crippen LogP contribution in [0.15, 0.2) is 42.5 Å². The first-order valence-electron chi connectivity index (χ1n) is 9.78. The molecule has 1 fully saturated rings. The number of hydrogen-bond donors (Lipinski definition) is 0. The highest BCUT2D eigenvalue weighted by Gasteiger charge is 2.10. The van der Waals surface area contributed by atoms with Crippen molar-refractivity contribution in [3.63, 3.8) is 0 Å². The molecule has 1 aliphatic rings. The number of carbonyl (C=O) groups excluding carboxylic acids is 1. The minimum Gasteiger partial charge on any atom is -0.493 e. The van der Waals surface area contributed by atoms with Crippen LogP contribution in [0.3, 0.4) is 0 Å². The average molecular weight is 351 g/mol. The first kappa shape index (κ1) is 18.7. The van der Waals surface area contributed by atoms with E-state index in [1.165, 1.54) is 50.9 Å². The van der Waals surface area contributed by atoms with Gasteiger partial charge in [-0.05, 0) is 87.5 Å². The Balaban J connectivity index is 1.50. The lowest BCUT2D eigenvalue weighted by Crippen LogP contribution is -2.20. The molecule has 138 valence electrons. The van der Waals surface area contributed by atoms with Crippen LogP contribution in [0.25, 0.3) is 11.1 Å². The Bertz CT molecular complexity index is 720. The summed E-state index contributed by atoms with van der Waals surface area (Å²) >= 11 is 0. The van der Waals surface area contributed by atoms with Crippen molar-refractivity contribution in [1.29, 1.82) is 0 Å². The molecule has 0 bridgehead atoms. The van der Waals surface area contributed by atoms with Crippen LogP contribution < -0.4 is 4.74 Å². The van der Waals surface area contributed by atoms with Crippen molar-refractivity contribution in [2.45, 2.75) is 39.0 Å². The topological polar surface area (TPSA) is 29.5 Å². The highest BCUT2D eigenvalue weighted by molar-refractivity contribution is 5.83. The molecule has 0 saturated carbocycles. The molecule has 0 radical (unpaired) electrons. The molecule has 26 heavy (non-hydrogen) atoms. The maximum atomic E-state index is 11.5. The van der Waals surface area contributed by atoms with Crippen LogP contribution in [-0.2, 0) is 0 Å². The predicted molar refractivity (Wildman–Crippen MR) is 107 cm³/mol. The van der Waals surface area contributed by atoms with Gasteiger partial charge in [-0.2, -0.15) is 0 Å². The first-order chi connectivity index (χ1) is 12.8. The summed E-state index contributed by atoms with van der Waals surface area (Å²) in [6.07, 6.45) is 7.05. The quantitative estimate of drug-likeness (QED) is 0.464. The van der Waals surface area contributed by atoms with E-state index in [0.717, 1.165) is 23.8 Å². The molecule has 0 aromatic heterocycles. The van der Waals surface area contributed by atoms with Crippen LogP contribution in [0.2, 0.25) is 0 Å². The van der Waals surface area contributed by atoms with E-state index in [1.54, 1.807) is 0 Å². The number of carbonyl (C=O) groups is 1. The lowest BCUT2D eigenvalue weighted by Gasteiger charge is -2.14. The summed E-state index contributed by atoms with van der Waals surface area (Å²) in [5.41, 5.74) is 4.05. The molecule has 1 aliphatic heterocycles. The Morgan fingerprint density at radius 1 is 1.04 bits per heavy atom. The molecule has 2 aromatic carbocycles. The number of benzene rings is 2. The number of ether oxygens (including phenoxy) is 1. The standard InChI is InChI=1S/C23H29NO2/c1-19-9-3-4-10-22(19)20-11-12-23(21(17-20)18-25)26-16-8-2-5-13-24-14-6-7-15-24/h3-4,9-12,17-18H,2,5-8,13-16H2,1H3. The van der Waals surface area contributed by atoms with Crippen molar-refractivity contribution < 1.29 is 9.53 Å². The van der Waals surface area contributed by atoms with Gasteiger partial charge in [0.2, 0.25) is 0 Å². The molecule has 3 rings (SSSR count). The van der Waals surface area contributed by atoms with Gasteiger partial charge in [0, 0.05) is 0 Å². The van der Waals surface area contributed by atoms with E-state index in [0.29, 0.717) is 17.9 Å². The summed E-state index contributed by atoms with van der Waals surface area (Å²) in [5.74, 6) is 0.692. The predicted octanol–water partition coefficient (Wildman–Crippen LogP) is 5.12. The van der Waals surface area contributed by atoms with Crippen LogP contribution in [0.5, 0.6) is 5.75 Å². The summed E-state index contributed by atoms with van der Waals surface area (Å²) in [4.78, 5) is 14.0. The molecule has 2 aromatic rings. The first-order valence-corrected chi connectivity index (χ1v) is 9.78. The van der Waals surface area contributed by atoms with Gasteiger partial charge in [-0.3, -0.25) is 4.79 Å². The van der Waals surface area contributed by atoms with E-state index in [4.69, 9.17) is 4.74 Å². The summed E-state index contributed by atoms with van der Waals surface area (Å²) in [6, 6.07) is 14.1. The zero-order valence-electron chi connectivity index (χ0n) is 15.7. The molecule has 0 aliphatic carbocycles. The number of hydrogen-bond acceptors (Lipinski definition) is 3. The van der Waals surface area contributed by atoms with Crippen molar-refractivity contribution in [1.82, 2.24) is 4.90 Å². The largest absolute Gasteiger partial charge is 0.493 e. The van der Waals surface area contributed by atoms with Crippen LogP contribution in [-0.4, -0.2) is 37.4 Å². The maximum absolute atomic E-state index is 11.5. The molecule has 3 nitrogen and oxygen atoms in total. The minimum absolute atomic E-state index is 0.628. The van der Waals surface area contributed by atoms with Gasteiger partial charge in [-0.15, -0.1) is 0 Å². The summed E-state index contributed by atoms with van der Waals surface area (Å²) in [6.45, 7) is 6.51. The highest BCUT2D eigenvalue weighted by atomic mass is 16.5. The van der Waals surface area contributed by atoms with E-state index >= 15 is 0 Å². The van der Waals surface area contributed by atoms with Gasteiger partial charge in [-0.25, -0.2) is 0 Å². The molecule has 3 heteroatoms. The molecular formula is C23H29NO2. The number of aldehydes is 1. The van der Waals surface area contributed by atoms with Gasteiger partial charge in [0.05, 0.1) is 12.2 Å². The zero-order chi connectivity index (χ0) is 18.2. The second kappa shape index (κ2) is 9.54. The molecule has 0 unspecified atom stereocenters. The Labute approximate surface area is 157 Å². The van der Waals surface area contributed by atoms with E-state index in [2.05, 4.69) is 24.0 Å². The molecule has 1 saturated heterocycles. The lowest BCUT2D eigenvalue weighted by atomic mass is 9.99. The fraction of sp³-hybridized carbons (Fsp3) is 0.435. The number of rotatable bonds is 9. The van der Waals surface area contributed by atoms with E-state index < -0.39 is 0 Å². The molecule has 0 atom stereocenters. The molecule has 0 amide bonds. The Kier molecular flexibility index (Phi) is 6.84. The van der Waals surface area contributed by atoms with Gasteiger partial charge in [0.1, 0.15) is 5.75 Å². The monoisotopic (exact) mass is 351 g/mol. The normalized spacial score (nSPS) is 14.5. The van der Waals surface area contributed by atoms with E-state index in [-0.39, 0.29) is 0 Å². The average Bonchev–Trinajstić information content (AvgIpc) is 3.18. The number of aryl methyl sites for hydroxylation is 1. The van der Waals surface area contributed by atoms with E-state index in [1.807, 2.05) is 30.3 Å². The van der Waals surface area contributed by atoms with Crippen LogP contribution in [0.4, 0.5) is 0 Å². The third-order valence-electron chi connectivity index (χ3n) is 5.17. The van der Waals surface area contributed by atoms with E-state index in [9.17, 15) is 4.79 Å². The van der Waals surface area contributed by atoms with Crippen LogP contribution in [0.1, 0.15) is 48.0 Å². The van der Waals surface area contributed by atoms with Crippen molar-refractivity contribution in [3.05, 3.63) is 53.6 Å². The smallest absolute Gasteiger partial charge is 0.153 e. The molecule has 0 spiro atoms. The van der Waals surface area contributed by atoms with Crippen molar-refractivity contribution in [3.8, 4) is 16.9 Å². The fourth-order valence-electron chi connectivity index (χ4n) is 3.64. The molecule has 1 heterocycles. The van der Waals surface area contributed by atoms with Gasteiger partial charge >= 0.3 is 0 Å². The summed E-state index contributed by atoms with van der Waals surface area (Å²) in [5, 5.41) is 0. The number of nitrogens with zero attached hydrogens (tertiary/aromatic N) is 1. The highest BCUT2D eigenvalue weighted by Crippen LogP contribution is 2.28. The summed E-state index contributed by atoms with van der Waals surface area (Å²) in [7, 11) is 0. The maximum Gasteiger partial charge on any atom is 0.153 e. The third-order valence-corrected chi connectivity index (χ3v) is 5.17. The molecule has 0 N–H and O–H groups in total.